The lowest BCUT2D eigenvalue weighted by Gasteiger charge is -2.40. The van der Waals surface area contributed by atoms with Crippen molar-refractivity contribution in [2.75, 3.05) is 31.1 Å². The highest BCUT2D eigenvalue weighted by atomic mass is 32.2. The Morgan fingerprint density at radius 2 is 1.87 bits per heavy atom. The van der Waals surface area contributed by atoms with Crippen LogP contribution < -0.4 is 4.90 Å². The first-order valence-corrected chi connectivity index (χ1v) is 9.70. The summed E-state index contributed by atoms with van der Waals surface area (Å²) in [6, 6.07) is 0. The Morgan fingerprint density at radius 1 is 1.13 bits per heavy atom. The van der Waals surface area contributed by atoms with E-state index in [2.05, 4.69) is 14.9 Å². The molecular weight excluding hydrogens is 319 g/mol. The first kappa shape index (κ1) is 15.3. The molecule has 126 valence electrons. The zero-order valence-corrected chi connectivity index (χ0v) is 13.8. The molecule has 3 heterocycles. The van der Waals surface area contributed by atoms with E-state index in [1.165, 1.54) is 12.4 Å². The minimum atomic E-state index is -3.09. The molecule has 1 unspecified atom stereocenters. The number of sulfonamides is 1. The molecule has 1 aromatic rings. The number of anilines is 1. The van der Waals surface area contributed by atoms with Crippen molar-refractivity contribution in [2.45, 2.75) is 37.4 Å². The van der Waals surface area contributed by atoms with E-state index in [-0.39, 0.29) is 10.7 Å². The number of hydrogen-bond acceptors (Lipinski definition) is 5. The molecule has 23 heavy (non-hydrogen) atoms. The summed E-state index contributed by atoms with van der Waals surface area (Å²) < 4.78 is 39.6. The molecule has 1 saturated carbocycles. The van der Waals surface area contributed by atoms with Crippen LogP contribution in [0.15, 0.2) is 12.4 Å². The molecule has 3 fully saturated rings. The Hall–Kier alpha value is -1.28. The Labute approximate surface area is 135 Å². The maximum absolute atomic E-state index is 13.0. The van der Waals surface area contributed by atoms with Gasteiger partial charge in [0.1, 0.15) is 0 Å². The molecule has 1 atom stereocenters. The van der Waals surface area contributed by atoms with E-state index in [0.717, 1.165) is 45.2 Å². The Bertz CT molecular complexity index is 692. The number of piperidine rings is 1. The second-order valence-corrected chi connectivity index (χ2v) is 9.27. The van der Waals surface area contributed by atoms with E-state index in [1.54, 1.807) is 4.31 Å². The predicted octanol–water partition coefficient (Wildman–Crippen LogP) is 1.40. The zero-order valence-electron chi connectivity index (χ0n) is 13.0. The van der Waals surface area contributed by atoms with Crippen LogP contribution in [0, 0.1) is 11.2 Å². The lowest BCUT2D eigenvalue weighted by atomic mass is 9.79. The molecule has 1 spiro atoms. The van der Waals surface area contributed by atoms with Crippen LogP contribution in [-0.2, 0) is 10.0 Å². The van der Waals surface area contributed by atoms with Crippen molar-refractivity contribution in [1.29, 1.82) is 0 Å². The summed E-state index contributed by atoms with van der Waals surface area (Å²) in [5.41, 5.74) is -0.0159. The summed E-state index contributed by atoms with van der Waals surface area (Å²) in [5.74, 6) is 0.0945. The average molecular weight is 340 g/mol. The SMILES string of the molecule is O=S(=O)(C1CC1)N1CCC2(CCCN(c3ncc(F)cn3)C2)C1. The lowest BCUT2D eigenvalue weighted by molar-refractivity contribution is 0.246. The third-order valence-electron chi connectivity index (χ3n) is 5.26. The van der Waals surface area contributed by atoms with Crippen LogP contribution in [0.2, 0.25) is 0 Å². The molecule has 3 aliphatic rings. The Kier molecular flexibility index (Phi) is 3.57. The van der Waals surface area contributed by atoms with Gasteiger partial charge in [0.2, 0.25) is 16.0 Å². The quantitative estimate of drug-likeness (QED) is 0.832. The van der Waals surface area contributed by atoms with E-state index < -0.39 is 15.8 Å². The van der Waals surface area contributed by atoms with Crippen molar-refractivity contribution in [3.8, 4) is 0 Å². The molecule has 0 N–H and O–H groups in total. The van der Waals surface area contributed by atoms with Gasteiger partial charge in [-0.1, -0.05) is 0 Å². The van der Waals surface area contributed by atoms with Crippen LogP contribution in [0.3, 0.4) is 0 Å². The van der Waals surface area contributed by atoms with Gasteiger partial charge in [-0.15, -0.1) is 0 Å². The Balaban J connectivity index is 1.50. The average Bonchev–Trinajstić information content (AvgIpc) is 3.32. The second-order valence-electron chi connectivity index (χ2n) is 7.05. The van der Waals surface area contributed by atoms with Gasteiger partial charge in [0.25, 0.3) is 0 Å². The largest absolute Gasteiger partial charge is 0.340 e. The highest BCUT2D eigenvalue weighted by Crippen LogP contribution is 2.43. The number of rotatable bonds is 3. The van der Waals surface area contributed by atoms with Gasteiger partial charge in [0.15, 0.2) is 5.82 Å². The van der Waals surface area contributed by atoms with Gasteiger partial charge in [-0.05, 0) is 32.1 Å². The highest BCUT2D eigenvalue weighted by molar-refractivity contribution is 7.90. The fourth-order valence-corrected chi connectivity index (χ4v) is 5.82. The van der Waals surface area contributed by atoms with Crippen molar-refractivity contribution in [3.63, 3.8) is 0 Å². The smallest absolute Gasteiger partial charge is 0.225 e. The second kappa shape index (κ2) is 5.37. The maximum Gasteiger partial charge on any atom is 0.225 e. The topological polar surface area (TPSA) is 66.4 Å². The predicted molar refractivity (Wildman–Crippen MR) is 84.0 cm³/mol. The first-order chi connectivity index (χ1) is 11.0. The fraction of sp³-hybridized carbons (Fsp3) is 0.733. The van der Waals surface area contributed by atoms with Crippen LogP contribution in [0.4, 0.5) is 10.3 Å². The standard InChI is InChI=1S/C15H21FN4O2S/c16-12-8-17-14(18-9-12)19-6-1-4-15(10-19)5-7-20(11-15)23(21,22)13-2-3-13/h8-9,13H,1-7,10-11H2. The summed E-state index contributed by atoms with van der Waals surface area (Å²) in [5, 5.41) is -0.141. The summed E-state index contributed by atoms with van der Waals surface area (Å²) in [7, 11) is -3.09. The van der Waals surface area contributed by atoms with Crippen molar-refractivity contribution in [1.82, 2.24) is 14.3 Å². The minimum absolute atomic E-state index is 0.0159. The molecule has 0 amide bonds. The van der Waals surface area contributed by atoms with Crippen molar-refractivity contribution >= 4 is 16.0 Å². The van der Waals surface area contributed by atoms with Crippen molar-refractivity contribution < 1.29 is 12.8 Å². The van der Waals surface area contributed by atoms with E-state index in [1.807, 2.05) is 0 Å². The Morgan fingerprint density at radius 3 is 2.57 bits per heavy atom. The third kappa shape index (κ3) is 2.82. The molecule has 0 aromatic carbocycles. The van der Waals surface area contributed by atoms with Crippen LogP contribution in [0.1, 0.15) is 32.1 Å². The molecule has 0 radical (unpaired) electrons. The number of halogens is 1. The molecule has 0 bridgehead atoms. The fourth-order valence-electron chi connectivity index (χ4n) is 3.87. The zero-order chi connectivity index (χ0) is 16.1. The summed E-state index contributed by atoms with van der Waals surface area (Å²) in [6.45, 7) is 2.80. The van der Waals surface area contributed by atoms with Gasteiger partial charge in [-0.2, -0.15) is 0 Å². The number of hydrogen-bond donors (Lipinski definition) is 0. The van der Waals surface area contributed by atoms with Gasteiger partial charge >= 0.3 is 0 Å². The van der Waals surface area contributed by atoms with Gasteiger partial charge in [-0.25, -0.2) is 27.1 Å². The molecule has 4 rings (SSSR count). The molecule has 2 saturated heterocycles. The van der Waals surface area contributed by atoms with Gasteiger partial charge < -0.3 is 4.90 Å². The van der Waals surface area contributed by atoms with Crippen LogP contribution in [-0.4, -0.2) is 54.1 Å². The number of nitrogens with zero attached hydrogens (tertiary/aromatic N) is 4. The number of aromatic nitrogens is 2. The molecule has 6 nitrogen and oxygen atoms in total. The summed E-state index contributed by atoms with van der Waals surface area (Å²) in [6.07, 6.45) is 6.88. The summed E-state index contributed by atoms with van der Waals surface area (Å²) in [4.78, 5) is 10.2. The van der Waals surface area contributed by atoms with Gasteiger partial charge in [0, 0.05) is 31.6 Å². The monoisotopic (exact) mass is 340 g/mol. The highest BCUT2D eigenvalue weighted by Gasteiger charge is 2.49. The molecule has 2 aliphatic heterocycles. The van der Waals surface area contributed by atoms with Gasteiger partial charge in [0.05, 0.1) is 17.6 Å². The van der Waals surface area contributed by atoms with E-state index >= 15 is 0 Å². The minimum Gasteiger partial charge on any atom is -0.340 e. The normalized spacial score (nSPS) is 29.3. The molecule has 1 aliphatic carbocycles. The first-order valence-electron chi connectivity index (χ1n) is 8.20. The van der Waals surface area contributed by atoms with E-state index in [9.17, 15) is 12.8 Å². The third-order valence-corrected chi connectivity index (χ3v) is 7.61. The van der Waals surface area contributed by atoms with Crippen LogP contribution in [0.25, 0.3) is 0 Å². The molecule has 8 heteroatoms. The van der Waals surface area contributed by atoms with Gasteiger partial charge in [-0.3, -0.25) is 0 Å². The molecule has 1 aromatic heterocycles. The van der Waals surface area contributed by atoms with E-state index in [0.29, 0.717) is 19.0 Å². The van der Waals surface area contributed by atoms with Crippen LogP contribution >= 0.6 is 0 Å². The van der Waals surface area contributed by atoms with E-state index in [4.69, 9.17) is 0 Å². The molecular formula is C15H21FN4O2S. The lowest BCUT2D eigenvalue weighted by Crippen LogP contribution is -2.46. The van der Waals surface area contributed by atoms with Crippen LogP contribution in [0.5, 0.6) is 0 Å². The van der Waals surface area contributed by atoms with Crippen molar-refractivity contribution in [3.05, 3.63) is 18.2 Å². The maximum atomic E-state index is 13.0. The van der Waals surface area contributed by atoms with Crippen molar-refractivity contribution in [2.24, 2.45) is 5.41 Å². The summed E-state index contributed by atoms with van der Waals surface area (Å²) >= 11 is 0.